The molecule has 0 bridgehead atoms. The van der Waals surface area contributed by atoms with Crippen molar-refractivity contribution in [1.29, 1.82) is 5.26 Å². The van der Waals surface area contributed by atoms with Gasteiger partial charge in [0.25, 0.3) is 0 Å². The second-order valence-electron chi connectivity index (χ2n) is 3.90. The Balaban J connectivity index is 2.32. The predicted molar refractivity (Wildman–Crippen MR) is 72.3 cm³/mol. The third-order valence-corrected chi connectivity index (χ3v) is 3.68. The molecule has 0 aliphatic heterocycles. The average molecular weight is 258 g/mol. The van der Waals surface area contributed by atoms with Gasteiger partial charge < -0.3 is 4.74 Å². The smallest absolute Gasteiger partial charge is 0.122 e. The van der Waals surface area contributed by atoms with Crippen molar-refractivity contribution in [2.24, 2.45) is 0 Å². The number of nitriles is 1. The van der Waals surface area contributed by atoms with E-state index < -0.39 is 0 Å². The van der Waals surface area contributed by atoms with Crippen LogP contribution >= 0.6 is 11.3 Å². The predicted octanol–water partition coefficient (Wildman–Crippen LogP) is 3.78. The molecule has 2 rings (SSSR count). The number of methoxy groups -OCH3 is 1. The van der Waals surface area contributed by atoms with Gasteiger partial charge in [-0.15, -0.1) is 11.3 Å². The molecule has 2 aromatic rings. The van der Waals surface area contributed by atoms with Crippen molar-refractivity contribution >= 4 is 11.3 Å². The van der Waals surface area contributed by atoms with Gasteiger partial charge in [-0.1, -0.05) is 19.1 Å². The van der Waals surface area contributed by atoms with Crippen LogP contribution in [0.4, 0.5) is 0 Å². The van der Waals surface area contributed by atoms with Crippen LogP contribution in [0, 0.1) is 11.3 Å². The van der Waals surface area contributed by atoms with Crippen LogP contribution in [-0.2, 0) is 4.74 Å². The molecular weight excluding hydrogens is 244 g/mol. The number of hydrogen-bond acceptors (Lipinski definition) is 4. The minimum atomic E-state index is 0.0582. The van der Waals surface area contributed by atoms with E-state index in [4.69, 9.17) is 10.00 Å². The molecule has 0 aliphatic rings. The molecule has 0 radical (unpaired) electrons. The molecule has 0 aliphatic carbocycles. The normalized spacial score (nSPS) is 12.1. The fraction of sp³-hybridized carbons (Fsp3) is 0.286. The lowest BCUT2D eigenvalue weighted by molar-refractivity contribution is 0.0998. The number of aromatic nitrogens is 1. The number of ether oxygens (including phenoxy) is 1. The van der Waals surface area contributed by atoms with Crippen molar-refractivity contribution in [3.8, 4) is 17.3 Å². The van der Waals surface area contributed by atoms with Crippen LogP contribution in [0.1, 0.15) is 30.0 Å². The van der Waals surface area contributed by atoms with Gasteiger partial charge in [0, 0.05) is 18.1 Å². The van der Waals surface area contributed by atoms with E-state index in [1.54, 1.807) is 24.5 Å². The molecule has 0 spiro atoms. The summed E-state index contributed by atoms with van der Waals surface area (Å²) in [5.74, 6) is 0. The molecule has 0 saturated heterocycles. The summed E-state index contributed by atoms with van der Waals surface area (Å²) in [4.78, 5) is 4.58. The van der Waals surface area contributed by atoms with Crippen LogP contribution in [0.5, 0.6) is 0 Å². The first-order valence-corrected chi connectivity index (χ1v) is 6.65. The zero-order chi connectivity index (χ0) is 13.0. The lowest BCUT2D eigenvalue weighted by Gasteiger charge is -2.08. The molecule has 0 amide bonds. The van der Waals surface area contributed by atoms with Crippen LogP contribution in [0.15, 0.2) is 29.6 Å². The largest absolute Gasteiger partial charge is 0.374 e. The molecule has 18 heavy (non-hydrogen) atoms. The molecule has 4 heteroatoms. The molecule has 1 aromatic heterocycles. The van der Waals surface area contributed by atoms with Crippen molar-refractivity contribution < 1.29 is 4.74 Å². The first kappa shape index (κ1) is 12.7. The summed E-state index contributed by atoms with van der Waals surface area (Å²) in [7, 11) is 1.70. The highest BCUT2D eigenvalue weighted by Crippen LogP contribution is 2.28. The molecule has 92 valence electrons. The minimum absolute atomic E-state index is 0.0582. The lowest BCUT2D eigenvalue weighted by Crippen LogP contribution is -1.98. The number of nitrogens with zero attached hydrogens (tertiary/aromatic N) is 2. The molecule has 1 atom stereocenters. The zero-order valence-corrected chi connectivity index (χ0v) is 11.2. The Hall–Kier alpha value is -1.70. The highest BCUT2D eigenvalue weighted by Gasteiger charge is 2.13. The third-order valence-electron chi connectivity index (χ3n) is 2.74. The Morgan fingerprint density at radius 1 is 1.50 bits per heavy atom. The van der Waals surface area contributed by atoms with E-state index in [1.165, 1.54) is 0 Å². The van der Waals surface area contributed by atoms with Gasteiger partial charge in [0.05, 0.1) is 17.3 Å². The Labute approximate surface area is 111 Å². The Morgan fingerprint density at radius 2 is 2.33 bits per heavy atom. The fourth-order valence-corrected chi connectivity index (χ4v) is 2.75. The van der Waals surface area contributed by atoms with E-state index in [1.807, 2.05) is 23.6 Å². The highest BCUT2D eigenvalue weighted by molar-refractivity contribution is 7.10. The summed E-state index contributed by atoms with van der Waals surface area (Å²) >= 11 is 1.60. The maximum atomic E-state index is 8.89. The first-order valence-electron chi connectivity index (χ1n) is 5.77. The first-order chi connectivity index (χ1) is 8.78. The van der Waals surface area contributed by atoms with Gasteiger partial charge in [-0.2, -0.15) is 5.26 Å². The van der Waals surface area contributed by atoms with Crippen molar-refractivity contribution in [3.05, 3.63) is 40.2 Å². The maximum absolute atomic E-state index is 8.89. The standard InChI is InChI=1S/C14H14N2OS/c1-3-13(17-2)14-16-12(9-18-14)11-6-4-5-10(7-11)8-15/h4-7,9,13H,3H2,1-2H3. The summed E-state index contributed by atoms with van der Waals surface area (Å²) in [5, 5.41) is 11.9. The van der Waals surface area contributed by atoms with E-state index >= 15 is 0 Å². The van der Waals surface area contributed by atoms with E-state index in [-0.39, 0.29) is 6.10 Å². The van der Waals surface area contributed by atoms with Crippen LogP contribution in [0.3, 0.4) is 0 Å². The molecular formula is C14H14N2OS. The van der Waals surface area contributed by atoms with E-state index in [9.17, 15) is 0 Å². The number of hydrogen-bond donors (Lipinski definition) is 0. The number of thiazole rings is 1. The number of benzene rings is 1. The number of rotatable bonds is 4. The molecule has 3 nitrogen and oxygen atoms in total. The second kappa shape index (κ2) is 5.76. The van der Waals surface area contributed by atoms with Crippen molar-refractivity contribution in [2.45, 2.75) is 19.4 Å². The molecule has 0 N–H and O–H groups in total. The van der Waals surface area contributed by atoms with Crippen LogP contribution in [0.25, 0.3) is 11.3 Å². The quantitative estimate of drug-likeness (QED) is 0.838. The summed E-state index contributed by atoms with van der Waals surface area (Å²) in [5.41, 5.74) is 2.53. The summed E-state index contributed by atoms with van der Waals surface area (Å²) in [6, 6.07) is 9.63. The topological polar surface area (TPSA) is 45.9 Å². The Bertz CT molecular complexity index is 567. The SMILES string of the molecule is CCC(OC)c1nc(-c2cccc(C#N)c2)cs1. The van der Waals surface area contributed by atoms with Crippen molar-refractivity contribution in [1.82, 2.24) is 4.98 Å². The van der Waals surface area contributed by atoms with Gasteiger partial charge in [0.2, 0.25) is 0 Å². The Morgan fingerprint density at radius 3 is 3.00 bits per heavy atom. The monoisotopic (exact) mass is 258 g/mol. The molecule has 0 fully saturated rings. The highest BCUT2D eigenvalue weighted by atomic mass is 32.1. The van der Waals surface area contributed by atoms with Gasteiger partial charge in [0.15, 0.2) is 0 Å². The van der Waals surface area contributed by atoms with Gasteiger partial charge >= 0.3 is 0 Å². The molecule has 1 heterocycles. The third kappa shape index (κ3) is 2.58. The molecule has 0 saturated carbocycles. The van der Waals surface area contributed by atoms with E-state index in [2.05, 4.69) is 18.0 Å². The van der Waals surface area contributed by atoms with Crippen LogP contribution in [0.2, 0.25) is 0 Å². The fourth-order valence-electron chi connectivity index (χ4n) is 1.76. The molecule has 1 aromatic carbocycles. The minimum Gasteiger partial charge on any atom is -0.374 e. The van der Waals surface area contributed by atoms with Gasteiger partial charge in [0.1, 0.15) is 11.1 Å². The van der Waals surface area contributed by atoms with Crippen molar-refractivity contribution in [2.75, 3.05) is 7.11 Å². The summed E-state index contributed by atoms with van der Waals surface area (Å²) < 4.78 is 5.38. The lowest BCUT2D eigenvalue weighted by atomic mass is 10.1. The van der Waals surface area contributed by atoms with Crippen LogP contribution < -0.4 is 0 Å². The zero-order valence-electron chi connectivity index (χ0n) is 10.4. The summed E-state index contributed by atoms with van der Waals surface area (Å²) in [6.45, 7) is 2.07. The summed E-state index contributed by atoms with van der Waals surface area (Å²) in [6.07, 6.45) is 0.963. The van der Waals surface area contributed by atoms with Gasteiger partial charge in [-0.05, 0) is 18.6 Å². The second-order valence-corrected chi connectivity index (χ2v) is 4.79. The molecule has 1 unspecified atom stereocenters. The van der Waals surface area contributed by atoms with Gasteiger partial charge in [-0.25, -0.2) is 4.98 Å². The Kier molecular flexibility index (Phi) is 4.08. The average Bonchev–Trinajstić information content (AvgIpc) is 2.90. The van der Waals surface area contributed by atoms with Crippen LogP contribution in [-0.4, -0.2) is 12.1 Å². The van der Waals surface area contributed by atoms with Gasteiger partial charge in [-0.3, -0.25) is 0 Å². The maximum Gasteiger partial charge on any atom is 0.122 e. The van der Waals surface area contributed by atoms with E-state index in [0.717, 1.165) is 22.7 Å². The van der Waals surface area contributed by atoms with E-state index in [0.29, 0.717) is 5.56 Å². The van der Waals surface area contributed by atoms with Crippen molar-refractivity contribution in [3.63, 3.8) is 0 Å².